The second kappa shape index (κ2) is 4.26. The summed E-state index contributed by atoms with van der Waals surface area (Å²) in [7, 11) is 4.15. The van der Waals surface area contributed by atoms with Gasteiger partial charge in [0.1, 0.15) is 0 Å². The molecule has 0 fully saturated rings. The second-order valence-corrected chi connectivity index (χ2v) is 3.78. The molecule has 1 N–H and O–H groups in total. The van der Waals surface area contributed by atoms with Crippen molar-refractivity contribution in [3.05, 3.63) is 12.7 Å². The van der Waals surface area contributed by atoms with Gasteiger partial charge in [-0.25, -0.2) is 0 Å². The first-order valence-corrected chi connectivity index (χ1v) is 4.13. The van der Waals surface area contributed by atoms with E-state index < -0.39 is 0 Å². The smallest absolute Gasteiger partial charge is 0.247 e. The van der Waals surface area contributed by atoms with Crippen LogP contribution in [0, 0.1) is 0 Å². The summed E-state index contributed by atoms with van der Waals surface area (Å²) in [5.74, 6) is -0.109. The molecule has 0 aromatic carbocycles. The average molecular weight is 171 g/mol. The maximum atomic E-state index is 10.8. The van der Waals surface area contributed by atoms with Crippen LogP contribution in [0.5, 0.6) is 0 Å². The van der Waals surface area contributed by atoms with Crippen molar-refractivity contribution < 1.29 is 9.28 Å². The number of carbonyl (C=O) groups is 1. The van der Waals surface area contributed by atoms with Crippen LogP contribution in [0.2, 0.25) is 0 Å². The summed E-state index contributed by atoms with van der Waals surface area (Å²) in [6.45, 7) is 8.28. The number of carbonyl (C=O) groups excluding carboxylic acids is 1. The van der Waals surface area contributed by atoms with Crippen molar-refractivity contribution in [3.8, 4) is 0 Å². The van der Waals surface area contributed by atoms with Crippen LogP contribution < -0.4 is 5.32 Å². The van der Waals surface area contributed by atoms with E-state index in [1.807, 2.05) is 0 Å². The molecule has 0 radical (unpaired) electrons. The lowest BCUT2D eigenvalue weighted by Crippen LogP contribution is -2.52. The fourth-order valence-electron chi connectivity index (χ4n) is 0.536. The molecule has 0 atom stereocenters. The van der Waals surface area contributed by atoms with Crippen molar-refractivity contribution in [1.82, 2.24) is 5.32 Å². The molecule has 0 aliphatic rings. The second-order valence-electron chi connectivity index (χ2n) is 3.78. The lowest BCUT2D eigenvalue weighted by molar-refractivity contribution is -0.912. The first-order valence-electron chi connectivity index (χ1n) is 4.13. The maximum absolute atomic E-state index is 10.8. The van der Waals surface area contributed by atoms with Crippen LogP contribution in [0.1, 0.15) is 13.8 Å². The lowest BCUT2D eigenvalue weighted by atomic mass is 10.3. The molecule has 0 aromatic heterocycles. The molecule has 3 nitrogen and oxygen atoms in total. The Kier molecular flexibility index (Phi) is 3.96. The molecule has 0 aliphatic heterocycles. The van der Waals surface area contributed by atoms with Gasteiger partial charge in [-0.05, 0) is 19.9 Å². The third kappa shape index (κ3) is 3.53. The van der Waals surface area contributed by atoms with Gasteiger partial charge in [-0.1, -0.05) is 6.58 Å². The zero-order valence-electron chi connectivity index (χ0n) is 8.42. The molecular formula is C9H19N2O+. The van der Waals surface area contributed by atoms with Gasteiger partial charge in [0.05, 0.1) is 20.1 Å². The third-order valence-electron chi connectivity index (χ3n) is 2.24. The molecule has 0 heterocycles. The fourth-order valence-corrected chi connectivity index (χ4v) is 0.536. The Morgan fingerprint density at radius 3 is 2.42 bits per heavy atom. The number of quaternary nitrogens is 1. The summed E-state index contributed by atoms with van der Waals surface area (Å²) in [4.78, 5) is 10.8. The third-order valence-corrected chi connectivity index (χ3v) is 2.24. The minimum absolute atomic E-state index is 0.109. The molecular weight excluding hydrogens is 152 g/mol. The molecule has 70 valence electrons. The average Bonchev–Trinajstić information content (AvgIpc) is 2.00. The van der Waals surface area contributed by atoms with E-state index in [4.69, 9.17) is 0 Å². The van der Waals surface area contributed by atoms with E-state index in [0.29, 0.717) is 12.7 Å². The summed E-state index contributed by atoms with van der Waals surface area (Å²) in [5.41, 5.74) is 0. The van der Waals surface area contributed by atoms with Gasteiger partial charge in [-0.3, -0.25) is 4.79 Å². The van der Waals surface area contributed by atoms with Crippen molar-refractivity contribution in [3.63, 3.8) is 0 Å². The summed E-state index contributed by atoms with van der Waals surface area (Å²) >= 11 is 0. The number of nitrogens with zero attached hydrogens (tertiary/aromatic N) is 1. The summed E-state index contributed by atoms with van der Waals surface area (Å²) in [6.07, 6.45) is 1.29. The van der Waals surface area contributed by atoms with Gasteiger partial charge in [0.2, 0.25) is 5.91 Å². The monoisotopic (exact) mass is 171 g/mol. The van der Waals surface area contributed by atoms with Gasteiger partial charge in [-0.2, -0.15) is 0 Å². The topological polar surface area (TPSA) is 29.1 Å². The molecule has 0 bridgehead atoms. The van der Waals surface area contributed by atoms with Crippen LogP contribution in [0.4, 0.5) is 0 Å². The quantitative estimate of drug-likeness (QED) is 0.377. The van der Waals surface area contributed by atoms with Gasteiger partial charge >= 0.3 is 0 Å². The Morgan fingerprint density at radius 2 is 2.08 bits per heavy atom. The highest BCUT2D eigenvalue weighted by atomic mass is 16.1. The van der Waals surface area contributed by atoms with E-state index in [1.165, 1.54) is 6.08 Å². The number of nitrogens with one attached hydrogen (secondary N) is 1. The molecule has 0 aromatic rings. The minimum atomic E-state index is -0.109. The summed E-state index contributed by atoms with van der Waals surface area (Å²) < 4.78 is 0.777. The first-order chi connectivity index (χ1) is 5.40. The Balaban J connectivity index is 3.91. The van der Waals surface area contributed by atoms with Crippen molar-refractivity contribution in [1.29, 1.82) is 0 Å². The maximum Gasteiger partial charge on any atom is 0.247 e. The molecule has 0 saturated heterocycles. The van der Waals surface area contributed by atoms with E-state index in [-0.39, 0.29) is 5.91 Å². The zero-order chi connectivity index (χ0) is 9.78. The Bertz CT molecular complexity index is 173. The summed E-state index contributed by atoms with van der Waals surface area (Å²) in [5, 5.41) is 2.77. The van der Waals surface area contributed by atoms with E-state index in [2.05, 4.69) is 39.8 Å². The van der Waals surface area contributed by atoms with Gasteiger partial charge in [-0.15, -0.1) is 0 Å². The molecule has 1 amide bonds. The Labute approximate surface area is 74.7 Å². The van der Waals surface area contributed by atoms with Gasteiger partial charge in [0.15, 0.2) is 6.67 Å². The van der Waals surface area contributed by atoms with E-state index in [1.54, 1.807) is 0 Å². The molecule has 12 heavy (non-hydrogen) atoms. The van der Waals surface area contributed by atoms with Crippen LogP contribution in [-0.4, -0.2) is 37.2 Å². The van der Waals surface area contributed by atoms with Crippen LogP contribution in [-0.2, 0) is 4.79 Å². The lowest BCUT2D eigenvalue weighted by Gasteiger charge is -2.33. The largest absolute Gasteiger partial charge is 0.310 e. The zero-order valence-corrected chi connectivity index (χ0v) is 8.42. The SMILES string of the molecule is C=CC(=O)NC[N+](C)(C)C(C)C. The van der Waals surface area contributed by atoms with Crippen molar-refractivity contribution >= 4 is 5.91 Å². The van der Waals surface area contributed by atoms with Crippen LogP contribution in [0.3, 0.4) is 0 Å². The van der Waals surface area contributed by atoms with Crippen molar-refractivity contribution in [2.75, 3.05) is 20.8 Å². The first kappa shape index (κ1) is 11.2. The number of amides is 1. The van der Waals surface area contributed by atoms with Crippen LogP contribution >= 0.6 is 0 Å². The van der Waals surface area contributed by atoms with Gasteiger partial charge < -0.3 is 9.80 Å². The summed E-state index contributed by atoms with van der Waals surface area (Å²) in [6, 6.07) is 0.495. The normalized spacial score (nSPS) is 11.4. The van der Waals surface area contributed by atoms with Gasteiger partial charge in [0, 0.05) is 0 Å². The predicted molar refractivity (Wildman–Crippen MR) is 50.5 cm³/mol. The number of hydrogen-bond acceptors (Lipinski definition) is 1. The Morgan fingerprint density at radius 1 is 1.58 bits per heavy atom. The van der Waals surface area contributed by atoms with Gasteiger partial charge in [0.25, 0.3) is 0 Å². The minimum Gasteiger partial charge on any atom is -0.310 e. The standard InChI is InChI=1S/C9H18N2O/c1-6-9(12)10-7-11(4,5)8(2)3/h6,8H,1,7H2,2-5H3/p+1. The Hall–Kier alpha value is -0.830. The van der Waals surface area contributed by atoms with Crippen molar-refractivity contribution in [2.24, 2.45) is 0 Å². The predicted octanol–water partition coefficient (Wildman–Crippen LogP) is 0.731. The fraction of sp³-hybridized carbons (Fsp3) is 0.667. The van der Waals surface area contributed by atoms with E-state index in [9.17, 15) is 4.79 Å². The molecule has 3 heteroatoms. The van der Waals surface area contributed by atoms with E-state index in [0.717, 1.165) is 4.48 Å². The highest BCUT2D eigenvalue weighted by molar-refractivity contribution is 5.86. The van der Waals surface area contributed by atoms with Crippen LogP contribution in [0.25, 0.3) is 0 Å². The molecule has 0 unspecified atom stereocenters. The van der Waals surface area contributed by atoms with Crippen LogP contribution in [0.15, 0.2) is 12.7 Å². The number of rotatable bonds is 4. The molecule has 0 aliphatic carbocycles. The molecule has 0 rings (SSSR count). The number of hydrogen-bond donors (Lipinski definition) is 1. The highest BCUT2D eigenvalue weighted by Gasteiger charge is 2.19. The van der Waals surface area contributed by atoms with Crippen molar-refractivity contribution in [2.45, 2.75) is 19.9 Å². The highest BCUT2D eigenvalue weighted by Crippen LogP contribution is 2.02. The van der Waals surface area contributed by atoms with E-state index >= 15 is 0 Å². The molecule has 0 saturated carbocycles. The molecule has 0 spiro atoms.